The molecule has 1 aromatic carbocycles. The molecule has 0 aliphatic heterocycles. The van der Waals surface area contributed by atoms with Gasteiger partial charge in [0.1, 0.15) is 0 Å². The second-order valence-corrected chi connectivity index (χ2v) is 5.31. The molecule has 30 heavy (non-hydrogen) atoms. The first-order valence-corrected chi connectivity index (χ1v) is 7.03. The van der Waals surface area contributed by atoms with Crippen LogP contribution in [0, 0.1) is 0 Å². The highest BCUT2D eigenvalue weighted by atomic mass is 19.4. The van der Waals surface area contributed by atoms with Crippen molar-refractivity contribution in [1.82, 2.24) is 0 Å². The molecule has 0 radical (unpaired) electrons. The van der Waals surface area contributed by atoms with E-state index in [-0.39, 0.29) is 0 Å². The zero-order valence-corrected chi connectivity index (χ0v) is 13.6. The van der Waals surface area contributed by atoms with Gasteiger partial charge in [-0.15, -0.1) is 0 Å². The first-order chi connectivity index (χ1) is 13.2. The van der Waals surface area contributed by atoms with E-state index >= 15 is 0 Å². The standard InChI is InChI=1S/C14H6F12O4/c15-11(16,17)9(12(18,19)20)29-7(27)5-1-2-6(4-3-5)8(28)30-10(13(21,22)23)14(24,25)26/h1-4,9-10H. The number of ether oxygens (including phenoxy) is 2. The molecular weight excluding hydrogens is 460 g/mol. The van der Waals surface area contributed by atoms with E-state index < -0.39 is 60.0 Å². The van der Waals surface area contributed by atoms with Gasteiger partial charge in [-0.05, 0) is 24.3 Å². The Balaban J connectivity index is 3.00. The number of esters is 2. The summed E-state index contributed by atoms with van der Waals surface area (Å²) in [6.45, 7) is 0. The minimum Gasteiger partial charge on any atom is -0.439 e. The lowest BCUT2D eigenvalue weighted by Gasteiger charge is -2.23. The number of rotatable bonds is 4. The Hall–Kier alpha value is -2.68. The highest BCUT2D eigenvalue weighted by Gasteiger charge is 2.60. The predicted molar refractivity (Wildman–Crippen MR) is 69.1 cm³/mol. The van der Waals surface area contributed by atoms with Crippen molar-refractivity contribution < 1.29 is 71.7 Å². The lowest BCUT2D eigenvalue weighted by molar-refractivity contribution is -0.308. The Kier molecular flexibility index (Phi) is 6.94. The van der Waals surface area contributed by atoms with Crippen LogP contribution >= 0.6 is 0 Å². The van der Waals surface area contributed by atoms with Gasteiger partial charge >= 0.3 is 36.6 Å². The first-order valence-electron chi connectivity index (χ1n) is 7.03. The summed E-state index contributed by atoms with van der Waals surface area (Å²) in [6.07, 6.45) is -33.1. The van der Waals surface area contributed by atoms with E-state index in [0.717, 1.165) is 0 Å². The molecule has 16 heteroatoms. The summed E-state index contributed by atoms with van der Waals surface area (Å²) in [5, 5.41) is 0. The Morgan fingerprint density at radius 3 is 0.900 bits per heavy atom. The molecule has 0 saturated carbocycles. The number of halogens is 12. The molecule has 0 aliphatic rings. The van der Waals surface area contributed by atoms with Crippen LogP contribution in [0.4, 0.5) is 52.7 Å². The van der Waals surface area contributed by atoms with Crippen LogP contribution in [0.3, 0.4) is 0 Å². The summed E-state index contributed by atoms with van der Waals surface area (Å²) in [5.41, 5.74) is -2.04. The maximum Gasteiger partial charge on any atom is 0.434 e. The molecule has 0 atom stereocenters. The van der Waals surface area contributed by atoms with Crippen molar-refractivity contribution in [3.63, 3.8) is 0 Å². The van der Waals surface area contributed by atoms with Crippen molar-refractivity contribution >= 4 is 11.9 Å². The zero-order chi connectivity index (χ0) is 23.7. The normalized spacial score (nSPS) is 13.5. The van der Waals surface area contributed by atoms with Crippen molar-refractivity contribution in [1.29, 1.82) is 0 Å². The van der Waals surface area contributed by atoms with Gasteiger partial charge < -0.3 is 9.47 Å². The highest BCUT2D eigenvalue weighted by Crippen LogP contribution is 2.37. The van der Waals surface area contributed by atoms with E-state index in [9.17, 15) is 62.3 Å². The van der Waals surface area contributed by atoms with E-state index in [4.69, 9.17) is 0 Å². The lowest BCUT2D eigenvalue weighted by Crippen LogP contribution is -2.45. The van der Waals surface area contributed by atoms with Crippen LogP contribution in [-0.4, -0.2) is 48.9 Å². The molecule has 0 fully saturated rings. The van der Waals surface area contributed by atoms with Gasteiger partial charge in [-0.2, -0.15) is 52.7 Å². The summed E-state index contributed by atoms with van der Waals surface area (Å²) in [5.74, 6) is -4.36. The van der Waals surface area contributed by atoms with Gasteiger partial charge in [0.2, 0.25) is 0 Å². The van der Waals surface area contributed by atoms with Crippen molar-refractivity contribution in [2.75, 3.05) is 0 Å². The molecule has 0 spiro atoms. The lowest BCUT2D eigenvalue weighted by atomic mass is 10.1. The van der Waals surface area contributed by atoms with Gasteiger partial charge in [0.05, 0.1) is 11.1 Å². The molecule has 0 bridgehead atoms. The molecule has 1 aromatic rings. The smallest absolute Gasteiger partial charge is 0.434 e. The molecule has 1 rings (SSSR count). The number of carbonyl (C=O) groups excluding carboxylic acids is 2. The second-order valence-electron chi connectivity index (χ2n) is 5.31. The Bertz CT molecular complexity index is 665. The van der Waals surface area contributed by atoms with Crippen molar-refractivity contribution in [2.45, 2.75) is 36.9 Å². The topological polar surface area (TPSA) is 52.6 Å². The summed E-state index contributed by atoms with van der Waals surface area (Å²) in [6, 6.07) is 1.33. The van der Waals surface area contributed by atoms with Gasteiger partial charge in [-0.25, -0.2) is 9.59 Å². The SMILES string of the molecule is O=C(OC(C(F)(F)F)C(F)(F)F)c1ccc(C(=O)OC(C(F)(F)F)C(F)(F)F)cc1. The third-order valence-electron chi connectivity index (χ3n) is 3.00. The van der Waals surface area contributed by atoms with Gasteiger partial charge in [0.25, 0.3) is 12.2 Å². The van der Waals surface area contributed by atoms with E-state index in [1.165, 1.54) is 0 Å². The molecule has 0 aromatic heterocycles. The molecule has 0 heterocycles. The molecule has 4 nitrogen and oxygen atoms in total. The minimum absolute atomic E-state index is 0.332. The predicted octanol–water partition coefficient (Wildman–Crippen LogP) is 4.99. The number of hydrogen-bond acceptors (Lipinski definition) is 4. The van der Waals surface area contributed by atoms with E-state index in [2.05, 4.69) is 9.47 Å². The molecule has 0 unspecified atom stereocenters. The molecule has 0 N–H and O–H groups in total. The third kappa shape index (κ3) is 6.69. The second kappa shape index (κ2) is 8.22. The first kappa shape index (κ1) is 25.4. The quantitative estimate of drug-likeness (QED) is 0.464. The molecular formula is C14H6F12O4. The van der Waals surface area contributed by atoms with Crippen molar-refractivity contribution in [3.05, 3.63) is 35.4 Å². The van der Waals surface area contributed by atoms with Crippen LogP contribution in [-0.2, 0) is 9.47 Å². The van der Waals surface area contributed by atoms with Gasteiger partial charge in [-0.1, -0.05) is 0 Å². The summed E-state index contributed by atoms with van der Waals surface area (Å²) >= 11 is 0. The highest BCUT2D eigenvalue weighted by molar-refractivity contribution is 5.93. The monoisotopic (exact) mass is 466 g/mol. The van der Waals surface area contributed by atoms with Crippen molar-refractivity contribution in [3.8, 4) is 0 Å². The molecule has 0 amide bonds. The largest absolute Gasteiger partial charge is 0.439 e. The molecule has 170 valence electrons. The Morgan fingerprint density at radius 2 is 0.733 bits per heavy atom. The van der Waals surface area contributed by atoms with Crippen LogP contribution in [0.25, 0.3) is 0 Å². The van der Waals surface area contributed by atoms with Crippen LogP contribution < -0.4 is 0 Å². The minimum atomic E-state index is -6.03. The fraction of sp³-hybridized carbons (Fsp3) is 0.429. The summed E-state index contributed by atoms with van der Waals surface area (Å²) < 4.78 is 155. The Morgan fingerprint density at radius 1 is 0.533 bits per heavy atom. The van der Waals surface area contributed by atoms with Gasteiger partial charge in [0.15, 0.2) is 0 Å². The fourth-order valence-electron chi connectivity index (χ4n) is 1.73. The molecule has 0 saturated heterocycles. The van der Waals surface area contributed by atoms with Gasteiger partial charge in [-0.3, -0.25) is 0 Å². The number of carbonyl (C=O) groups is 2. The maximum absolute atomic E-state index is 12.3. The van der Waals surface area contributed by atoms with Crippen molar-refractivity contribution in [2.24, 2.45) is 0 Å². The van der Waals surface area contributed by atoms with E-state index in [0.29, 0.717) is 24.3 Å². The Labute approximate surface area is 157 Å². The van der Waals surface area contributed by atoms with Crippen LogP contribution in [0.2, 0.25) is 0 Å². The average Bonchev–Trinajstić information content (AvgIpc) is 2.53. The summed E-state index contributed by atoms with van der Waals surface area (Å²) in [7, 11) is 0. The number of hydrogen-bond donors (Lipinski definition) is 0. The summed E-state index contributed by atoms with van der Waals surface area (Å²) in [4.78, 5) is 22.9. The number of benzene rings is 1. The molecule has 0 aliphatic carbocycles. The van der Waals surface area contributed by atoms with Crippen LogP contribution in [0.15, 0.2) is 24.3 Å². The van der Waals surface area contributed by atoms with Gasteiger partial charge in [0, 0.05) is 0 Å². The third-order valence-corrected chi connectivity index (χ3v) is 3.00. The number of alkyl halides is 12. The van der Waals surface area contributed by atoms with E-state index in [1.807, 2.05) is 0 Å². The average molecular weight is 466 g/mol. The van der Waals surface area contributed by atoms with Crippen LogP contribution in [0.1, 0.15) is 20.7 Å². The maximum atomic E-state index is 12.3. The van der Waals surface area contributed by atoms with E-state index in [1.54, 1.807) is 0 Å². The van der Waals surface area contributed by atoms with Crippen LogP contribution in [0.5, 0.6) is 0 Å². The fourth-order valence-corrected chi connectivity index (χ4v) is 1.73. The zero-order valence-electron chi connectivity index (χ0n) is 13.6.